The third-order valence-corrected chi connectivity index (χ3v) is 3.48. The molecule has 0 saturated heterocycles. The van der Waals surface area contributed by atoms with Crippen molar-refractivity contribution in [1.82, 2.24) is 5.16 Å². The van der Waals surface area contributed by atoms with Crippen molar-refractivity contribution in [3.05, 3.63) is 41.4 Å². The lowest BCUT2D eigenvalue weighted by atomic mass is 10.2. The van der Waals surface area contributed by atoms with Crippen molar-refractivity contribution in [2.75, 3.05) is 25.5 Å². The Balaban J connectivity index is 1.94. The number of aromatic nitrogens is 1. The van der Waals surface area contributed by atoms with Gasteiger partial charge < -0.3 is 19.5 Å². The lowest BCUT2D eigenvalue weighted by Crippen LogP contribution is -3.11. The van der Waals surface area contributed by atoms with Crippen LogP contribution in [-0.2, 0) is 11.3 Å². The zero-order valence-electron chi connectivity index (χ0n) is 13.5. The van der Waals surface area contributed by atoms with Crippen molar-refractivity contribution in [2.45, 2.75) is 20.4 Å². The minimum absolute atomic E-state index is 0.163. The van der Waals surface area contributed by atoms with Gasteiger partial charge in [0.1, 0.15) is 12.3 Å². The van der Waals surface area contributed by atoms with Crippen molar-refractivity contribution in [3.63, 3.8) is 0 Å². The van der Waals surface area contributed by atoms with Crippen LogP contribution in [0.3, 0.4) is 0 Å². The summed E-state index contributed by atoms with van der Waals surface area (Å²) in [6, 6.07) is 6.49. The Hall–Kier alpha value is -2.41. The minimum Gasteiger partial charge on any atom is -0.494 e. The average molecular weight is 322 g/mol. The Morgan fingerprint density at radius 3 is 2.78 bits per heavy atom. The van der Waals surface area contributed by atoms with Crippen LogP contribution in [0.4, 0.5) is 10.2 Å². The molecule has 1 atom stereocenters. The first-order valence-electron chi connectivity index (χ1n) is 7.41. The van der Waals surface area contributed by atoms with Crippen molar-refractivity contribution in [1.29, 1.82) is 0 Å². The number of anilines is 1. The molecule has 0 aliphatic carbocycles. The molecule has 1 aromatic heterocycles. The van der Waals surface area contributed by atoms with E-state index in [1.807, 2.05) is 6.92 Å². The fourth-order valence-electron chi connectivity index (χ4n) is 2.26. The van der Waals surface area contributed by atoms with Gasteiger partial charge in [-0.3, -0.25) is 4.79 Å². The number of halogens is 1. The maximum Gasteiger partial charge on any atom is 0.280 e. The maximum absolute atomic E-state index is 13.7. The molecule has 1 aromatic carbocycles. The fourth-order valence-corrected chi connectivity index (χ4v) is 2.26. The SMILES string of the molecule is CC[NH+](CC(=O)Nc1cc(C)on1)Cc1ccc(OC)c(F)c1. The number of carbonyl (C=O) groups is 1. The zero-order chi connectivity index (χ0) is 16.8. The second-order valence-corrected chi connectivity index (χ2v) is 5.30. The zero-order valence-corrected chi connectivity index (χ0v) is 13.5. The lowest BCUT2D eigenvalue weighted by molar-refractivity contribution is -0.903. The molecular formula is C16H21FN3O3+. The quantitative estimate of drug-likeness (QED) is 0.803. The topological polar surface area (TPSA) is 68.8 Å². The highest BCUT2D eigenvalue weighted by Gasteiger charge is 2.15. The van der Waals surface area contributed by atoms with Gasteiger partial charge >= 0.3 is 0 Å². The van der Waals surface area contributed by atoms with E-state index in [0.29, 0.717) is 18.1 Å². The van der Waals surface area contributed by atoms with Gasteiger partial charge in [0.2, 0.25) is 0 Å². The number of nitrogens with one attached hydrogen (secondary N) is 2. The van der Waals surface area contributed by atoms with Crippen molar-refractivity contribution in [3.8, 4) is 5.75 Å². The number of amides is 1. The van der Waals surface area contributed by atoms with E-state index in [-0.39, 0.29) is 18.2 Å². The fraction of sp³-hybridized carbons (Fsp3) is 0.375. The van der Waals surface area contributed by atoms with E-state index in [2.05, 4.69) is 10.5 Å². The first-order valence-corrected chi connectivity index (χ1v) is 7.41. The number of quaternary nitrogens is 1. The van der Waals surface area contributed by atoms with Crippen LogP contribution in [0.5, 0.6) is 5.75 Å². The van der Waals surface area contributed by atoms with E-state index < -0.39 is 5.82 Å². The molecule has 2 rings (SSSR count). The normalized spacial score (nSPS) is 12.0. The van der Waals surface area contributed by atoms with Crippen LogP contribution in [0.15, 0.2) is 28.8 Å². The first-order chi connectivity index (χ1) is 11.0. The van der Waals surface area contributed by atoms with Gasteiger partial charge in [-0.2, -0.15) is 0 Å². The molecule has 2 aromatic rings. The molecule has 0 aliphatic rings. The van der Waals surface area contributed by atoms with Gasteiger partial charge in [0.05, 0.1) is 13.7 Å². The summed E-state index contributed by atoms with van der Waals surface area (Å²) in [4.78, 5) is 13.0. The number of nitrogens with zero attached hydrogens (tertiary/aromatic N) is 1. The maximum atomic E-state index is 13.7. The summed E-state index contributed by atoms with van der Waals surface area (Å²) in [7, 11) is 1.43. The third-order valence-electron chi connectivity index (χ3n) is 3.48. The summed E-state index contributed by atoms with van der Waals surface area (Å²) >= 11 is 0. The van der Waals surface area contributed by atoms with Crippen LogP contribution >= 0.6 is 0 Å². The summed E-state index contributed by atoms with van der Waals surface area (Å²) < 4.78 is 23.5. The van der Waals surface area contributed by atoms with Gasteiger partial charge in [-0.1, -0.05) is 5.16 Å². The Bertz CT molecular complexity index is 672. The summed E-state index contributed by atoms with van der Waals surface area (Å²) in [6.07, 6.45) is 0. The number of likely N-dealkylation sites (N-methyl/N-ethyl adjacent to an activating group) is 1. The van der Waals surface area contributed by atoms with Crippen molar-refractivity contribution in [2.24, 2.45) is 0 Å². The number of ether oxygens (including phenoxy) is 1. The van der Waals surface area contributed by atoms with E-state index in [1.54, 1.807) is 25.1 Å². The standard InChI is InChI=1S/C16H20FN3O3/c1-4-20(9-12-5-6-14(22-3)13(17)8-12)10-16(21)18-15-7-11(2)23-19-15/h5-8H,4,9-10H2,1-3H3,(H,18,19,21)/p+1. The van der Waals surface area contributed by atoms with Crippen molar-refractivity contribution >= 4 is 11.7 Å². The number of hydrogen-bond donors (Lipinski definition) is 2. The molecule has 0 fully saturated rings. The van der Waals surface area contributed by atoms with Crippen molar-refractivity contribution < 1.29 is 23.3 Å². The average Bonchev–Trinajstić information content (AvgIpc) is 2.91. The van der Waals surface area contributed by atoms with Crippen LogP contribution in [0.2, 0.25) is 0 Å². The molecule has 23 heavy (non-hydrogen) atoms. The number of benzene rings is 1. The van der Waals surface area contributed by atoms with Gasteiger partial charge in [0, 0.05) is 11.6 Å². The molecule has 1 amide bonds. The molecule has 0 saturated carbocycles. The number of carbonyl (C=O) groups excluding carboxylic acids is 1. The second kappa shape index (κ2) is 7.73. The molecule has 124 valence electrons. The van der Waals surface area contributed by atoms with E-state index in [0.717, 1.165) is 17.0 Å². The van der Waals surface area contributed by atoms with E-state index in [4.69, 9.17) is 9.26 Å². The molecule has 0 bridgehead atoms. The number of hydrogen-bond acceptors (Lipinski definition) is 4. The van der Waals surface area contributed by atoms with Gasteiger partial charge in [0.25, 0.3) is 5.91 Å². The first kappa shape index (κ1) is 17.0. The van der Waals surface area contributed by atoms with Crippen LogP contribution in [0.25, 0.3) is 0 Å². The monoisotopic (exact) mass is 322 g/mol. The Labute approximate surface area is 134 Å². The predicted molar refractivity (Wildman–Crippen MR) is 82.9 cm³/mol. The van der Waals surface area contributed by atoms with E-state index in [1.165, 1.54) is 13.2 Å². The highest BCUT2D eigenvalue weighted by atomic mass is 19.1. The Morgan fingerprint density at radius 2 is 2.22 bits per heavy atom. The minimum atomic E-state index is -0.400. The Morgan fingerprint density at radius 1 is 1.43 bits per heavy atom. The Kier molecular flexibility index (Phi) is 5.70. The molecule has 0 spiro atoms. The summed E-state index contributed by atoms with van der Waals surface area (Å²) in [6.45, 7) is 5.27. The van der Waals surface area contributed by atoms with E-state index in [9.17, 15) is 9.18 Å². The second-order valence-electron chi connectivity index (χ2n) is 5.30. The van der Waals surface area contributed by atoms with Gasteiger partial charge in [-0.05, 0) is 32.0 Å². The van der Waals surface area contributed by atoms with E-state index >= 15 is 0 Å². The summed E-state index contributed by atoms with van der Waals surface area (Å²) in [5.74, 6) is 0.685. The predicted octanol–water partition coefficient (Wildman–Crippen LogP) is 1.17. The van der Waals surface area contributed by atoms with Gasteiger partial charge in [-0.15, -0.1) is 0 Å². The molecule has 2 N–H and O–H groups in total. The molecule has 0 radical (unpaired) electrons. The molecule has 1 unspecified atom stereocenters. The molecule has 1 heterocycles. The van der Waals surface area contributed by atoms with Gasteiger partial charge in [0.15, 0.2) is 23.9 Å². The highest BCUT2D eigenvalue weighted by Crippen LogP contribution is 2.17. The number of methoxy groups -OCH3 is 1. The molecular weight excluding hydrogens is 301 g/mol. The van der Waals surface area contributed by atoms with Crippen LogP contribution in [0, 0.1) is 12.7 Å². The number of rotatable bonds is 7. The number of aryl methyl sites for hydroxylation is 1. The summed E-state index contributed by atoms with van der Waals surface area (Å²) in [5, 5.41) is 6.41. The largest absolute Gasteiger partial charge is 0.494 e. The lowest BCUT2D eigenvalue weighted by Gasteiger charge is -2.17. The molecule has 7 heteroatoms. The third kappa shape index (κ3) is 4.79. The molecule has 6 nitrogen and oxygen atoms in total. The van der Waals surface area contributed by atoms with Crippen LogP contribution in [0.1, 0.15) is 18.2 Å². The van der Waals surface area contributed by atoms with Gasteiger partial charge in [-0.25, -0.2) is 4.39 Å². The summed E-state index contributed by atoms with van der Waals surface area (Å²) in [5.41, 5.74) is 0.810. The molecule has 0 aliphatic heterocycles. The smallest absolute Gasteiger partial charge is 0.280 e. The van der Waals surface area contributed by atoms with Crippen LogP contribution < -0.4 is 15.0 Å². The highest BCUT2D eigenvalue weighted by molar-refractivity contribution is 5.90. The van der Waals surface area contributed by atoms with Crippen LogP contribution in [-0.4, -0.2) is 31.3 Å².